The van der Waals surface area contributed by atoms with Gasteiger partial charge < -0.3 is 10.1 Å². The zero-order valence-electron chi connectivity index (χ0n) is 11.3. The SMILES string of the molecule is COc1ccc(C(=O)NC2CCC(C)(C)C2)cc1. The Morgan fingerprint density at radius 2 is 2.00 bits per heavy atom. The van der Waals surface area contributed by atoms with E-state index in [0.717, 1.165) is 18.6 Å². The highest BCUT2D eigenvalue weighted by molar-refractivity contribution is 5.94. The molecule has 0 bridgehead atoms. The maximum atomic E-state index is 12.1. The Kier molecular flexibility index (Phi) is 3.60. The van der Waals surface area contributed by atoms with Crippen LogP contribution < -0.4 is 10.1 Å². The van der Waals surface area contributed by atoms with Gasteiger partial charge in [0.05, 0.1) is 7.11 Å². The lowest BCUT2D eigenvalue weighted by atomic mass is 9.92. The summed E-state index contributed by atoms with van der Waals surface area (Å²) in [6.45, 7) is 4.51. The van der Waals surface area contributed by atoms with Crippen LogP contribution in [0.3, 0.4) is 0 Å². The molecule has 3 nitrogen and oxygen atoms in total. The number of methoxy groups -OCH3 is 1. The maximum absolute atomic E-state index is 12.1. The minimum Gasteiger partial charge on any atom is -0.497 e. The lowest BCUT2D eigenvalue weighted by Crippen LogP contribution is -2.33. The van der Waals surface area contributed by atoms with E-state index in [1.54, 1.807) is 19.2 Å². The van der Waals surface area contributed by atoms with Gasteiger partial charge in [0.1, 0.15) is 5.75 Å². The molecule has 0 aromatic heterocycles. The third kappa shape index (κ3) is 3.03. The summed E-state index contributed by atoms with van der Waals surface area (Å²) < 4.78 is 5.08. The van der Waals surface area contributed by atoms with Crippen LogP contribution in [0.25, 0.3) is 0 Å². The average molecular weight is 247 g/mol. The van der Waals surface area contributed by atoms with E-state index in [2.05, 4.69) is 19.2 Å². The zero-order chi connectivity index (χ0) is 13.2. The largest absolute Gasteiger partial charge is 0.497 e. The van der Waals surface area contributed by atoms with Gasteiger partial charge in [-0.3, -0.25) is 4.79 Å². The molecule has 0 aliphatic heterocycles. The minimum absolute atomic E-state index is 0.0142. The van der Waals surface area contributed by atoms with Crippen molar-refractivity contribution in [3.8, 4) is 5.75 Å². The first-order chi connectivity index (χ1) is 8.50. The second kappa shape index (κ2) is 5.01. The van der Waals surface area contributed by atoms with Gasteiger partial charge in [-0.2, -0.15) is 0 Å². The van der Waals surface area contributed by atoms with Crippen LogP contribution in [0.1, 0.15) is 43.5 Å². The summed E-state index contributed by atoms with van der Waals surface area (Å²) >= 11 is 0. The van der Waals surface area contributed by atoms with Gasteiger partial charge in [0.15, 0.2) is 0 Å². The first-order valence-corrected chi connectivity index (χ1v) is 6.45. The number of nitrogens with one attached hydrogen (secondary N) is 1. The molecule has 98 valence electrons. The Labute approximate surface area is 109 Å². The summed E-state index contributed by atoms with van der Waals surface area (Å²) in [6.07, 6.45) is 3.32. The predicted octanol–water partition coefficient (Wildman–Crippen LogP) is 3.00. The number of ether oxygens (including phenoxy) is 1. The molecule has 0 heterocycles. The zero-order valence-corrected chi connectivity index (χ0v) is 11.3. The van der Waals surface area contributed by atoms with E-state index in [1.807, 2.05) is 12.1 Å². The summed E-state index contributed by atoms with van der Waals surface area (Å²) in [5.41, 5.74) is 1.05. The van der Waals surface area contributed by atoms with Crippen molar-refractivity contribution in [2.45, 2.75) is 39.2 Å². The Bertz CT molecular complexity index is 423. The molecule has 0 radical (unpaired) electrons. The highest BCUT2D eigenvalue weighted by Gasteiger charge is 2.31. The Hall–Kier alpha value is -1.51. The van der Waals surface area contributed by atoms with Crippen molar-refractivity contribution < 1.29 is 9.53 Å². The number of carbonyl (C=O) groups excluding carboxylic acids is 1. The van der Waals surface area contributed by atoms with Crippen LogP contribution in [-0.2, 0) is 0 Å². The van der Waals surface area contributed by atoms with Crippen molar-refractivity contribution in [3.63, 3.8) is 0 Å². The van der Waals surface area contributed by atoms with Crippen molar-refractivity contribution in [2.75, 3.05) is 7.11 Å². The molecule has 1 aromatic carbocycles. The molecule has 1 saturated carbocycles. The van der Waals surface area contributed by atoms with Gasteiger partial charge in [-0.1, -0.05) is 13.8 Å². The number of amides is 1. The summed E-state index contributed by atoms with van der Waals surface area (Å²) in [5.74, 6) is 0.786. The van der Waals surface area contributed by atoms with E-state index < -0.39 is 0 Å². The number of hydrogen-bond acceptors (Lipinski definition) is 2. The average Bonchev–Trinajstić information content (AvgIpc) is 2.68. The predicted molar refractivity (Wildman–Crippen MR) is 71.9 cm³/mol. The molecule has 18 heavy (non-hydrogen) atoms. The topological polar surface area (TPSA) is 38.3 Å². The van der Waals surface area contributed by atoms with Crippen molar-refractivity contribution >= 4 is 5.91 Å². The van der Waals surface area contributed by atoms with Gasteiger partial charge in [0.2, 0.25) is 0 Å². The van der Waals surface area contributed by atoms with Gasteiger partial charge in [-0.05, 0) is 48.9 Å². The van der Waals surface area contributed by atoms with Crippen LogP contribution in [0, 0.1) is 5.41 Å². The third-order valence-electron chi connectivity index (χ3n) is 3.66. The molecule has 0 saturated heterocycles. The van der Waals surface area contributed by atoms with E-state index >= 15 is 0 Å². The normalized spacial score (nSPS) is 21.6. The number of benzene rings is 1. The standard InChI is InChI=1S/C15H21NO2/c1-15(2)9-8-12(10-15)16-14(17)11-4-6-13(18-3)7-5-11/h4-7,12H,8-10H2,1-3H3,(H,16,17). The van der Waals surface area contributed by atoms with E-state index in [1.165, 1.54) is 6.42 Å². The highest BCUT2D eigenvalue weighted by Crippen LogP contribution is 2.36. The minimum atomic E-state index is 0.0142. The molecule has 1 unspecified atom stereocenters. The van der Waals surface area contributed by atoms with Crippen LogP contribution in [0.15, 0.2) is 24.3 Å². The fourth-order valence-electron chi connectivity index (χ4n) is 2.57. The number of rotatable bonds is 3. The van der Waals surface area contributed by atoms with E-state index in [0.29, 0.717) is 17.0 Å². The summed E-state index contributed by atoms with van der Waals surface area (Å²) in [4.78, 5) is 12.1. The molecule has 1 N–H and O–H groups in total. The number of hydrogen-bond donors (Lipinski definition) is 1. The second-order valence-corrected chi connectivity index (χ2v) is 5.81. The molecular formula is C15H21NO2. The van der Waals surface area contributed by atoms with Crippen LogP contribution in [0.5, 0.6) is 5.75 Å². The van der Waals surface area contributed by atoms with Gasteiger partial charge in [0.25, 0.3) is 5.91 Å². The van der Waals surface area contributed by atoms with Gasteiger partial charge >= 0.3 is 0 Å². The van der Waals surface area contributed by atoms with Gasteiger partial charge in [-0.25, -0.2) is 0 Å². The third-order valence-corrected chi connectivity index (χ3v) is 3.66. The molecule has 1 amide bonds. The smallest absolute Gasteiger partial charge is 0.251 e. The maximum Gasteiger partial charge on any atom is 0.251 e. The van der Waals surface area contributed by atoms with Crippen molar-refractivity contribution in [2.24, 2.45) is 5.41 Å². The summed E-state index contributed by atoms with van der Waals surface area (Å²) in [7, 11) is 1.62. The van der Waals surface area contributed by atoms with Gasteiger partial charge in [0, 0.05) is 11.6 Å². The Morgan fingerprint density at radius 3 is 2.50 bits per heavy atom. The summed E-state index contributed by atoms with van der Waals surface area (Å²) in [5, 5.41) is 3.11. The molecule has 1 atom stereocenters. The molecule has 1 aromatic rings. The number of carbonyl (C=O) groups is 1. The molecule has 3 heteroatoms. The quantitative estimate of drug-likeness (QED) is 0.891. The van der Waals surface area contributed by atoms with Crippen molar-refractivity contribution in [1.82, 2.24) is 5.32 Å². The molecule has 1 fully saturated rings. The van der Waals surface area contributed by atoms with Crippen molar-refractivity contribution in [3.05, 3.63) is 29.8 Å². The van der Waals surface area contributed by atoms with E-state index in [-0.39, 0.29) is 5.91 Å². The fraction of sp³-hybridized carbons (Fsp3) is 0.533. The molecule has 1 aliphatic carbocycles. The lowest BCUT2D eigenvalue weighted by molar-refractivity contribution is 0.0936. The molecule has 2 rings (SSSR count). The second-order valence-electron chi connectivity index (χ2n) is 5.81. The van der Waals surface area contributed by atoms with E-state index in [9.17, 15) is 4.79 Å². The van der Waals surface area contributed by atoms with Crippen LogP contribution in [0.4, 0.5) is 0 Å². The summed E-state index contributed by atoms with van der Waals surface area (Å²) in [6, 6.07) is 7.54. The first-order valence-electron chi connectivity index (χ1n) is 6.45. The Balaban J connectivity index is 1.95. The van der Waals surface area contributed by atoms with E-state index in [4.69, 9.17) is 4.74 Å². The highest BCUT2D eigenvalue weighted by atomic mass is 16.5. The monoisotopic (exact) mass is 247 g/mol. The van der Waals surface area contributed by atoms with Gasteiger partial charge in [-0.15, -0.1) is 0 Å². The fourth-order valence-corrected chi connectivity index (χ4v) is 2.57. The first kappa shape index (κ1) is 12.9. The lowest BCUT2D eigenvalue weighted by Gasteiger charge is -2.17. The van der Waals surface area contributed by atoms with Crippen molar-refractivity contribution in [1.29, 1.82) is 0 Å². The van der Waals surface area contributed by atoms with Crippen LogP contribution >= 0.6 is 0 Å². The van der Waals surface area contributed by atoms with Crippen LogP contribution in [-0.4, -0.2) is 19.1 Å². The Morgan fingerprint density at radius 1 is 1.33 bits per heavy atom. The van der Waals surface area contributed by atoms with Crippen LogP contribution in [0.2, 0.25) is 0 Å². The molecule has 0 spiro atoms. The molecule has 1 aliphatic rings. The molecular weight excluding hydrogens is 226 g/mol.